The predicted molar refractivity (Wildman–Crippen MR) is 120 cm³/mol. The van der Waals surface area contributed by atoms with Crippen molar-refractivity contribution < 1.29 is 4.74 Å². The number of halogens is 2. The molecule has 1 unspecified atom stereocenters. The van der Waals surface area contributed by atoms with Crippen molar-refractivity contribution in [1.82, 2.24) is 9.78 Å². The molecule has 0 aliphatic rings. The third kappa shape index (κ3) is 5.86. The SMILES string of the molecule is COc1ccc(NC(N)=NCC(c2ccc(Cl)cc2)n2cccn2)cc1.I. The summed E-state index contributed by atoms with van der Waals surface area (Å²) in [5, 5.41) is 8.10. The largest absolute Gasteiger partial charge is 0.497 e. The highest BCUT2D eigenvalue weighted by molar-refractivity contribution is 14.0. The van der Waals surface area contributed by atoms with Crippen LogP contribution in [0.4, 0.5) is 5.69 Å². The van der Waals surface area contributed by atoms with E-state index in [4.69, 9.17) is 22.1 Å². The van der Waals surface area contributed by atoms with Gasteiger partial charge in [0.15, 0.2) is 5.96 Å². The van der Waals surface area contributed by atoms with Crippen molar-refractivity contribution in [2.24, 2.45) is 10.7 Å². The molecule has 0 amide bonds. The first-order chi connectivity index (χ1) is 12.7. The van der Waals surface area contributed by atoms with Gasteiger partial charge in [0.25, 0.3) is 0 Å². The Kier molecular flexibility index (Phi) is 7.93. The number of methoxy groups -OCH3 is 1. The van der Waals surface area contributed by atoms with Crippen LogP contribution in [0.1, 0.15) is 11.6 Å². The van der Waals surface area contributed by atoms with Crippen molar-refractivity contribution in [3.63, 3.8) is 0 Å². The van der Waals surface area contributed by atoms with Crippen LogP contribution < -0.4 is 15.8 Å². The monoisotopic (exact) mass is 497 g/mol. The molecule has 1 atom stereocenters. The Morgan fingerprint density at radius 1 is 1.22 bits per heavy atom. The van der Waals surface area contributed by atoms with Gasteiger partial charge in [-0.2, -0.15) is 5.10 Å². The number of ether oxygens (including phenoxy) is 1. The number of benzene rings is 2. The Bertz CT molecular complexity index is 851. The van der Waals surface area contributed by atoms with Gasteiger partial charge in [0.1, 0.15) is 5.75 Å². The summed E-state index contributed by atoms with van der Waals surface area (Å²) in [5.74, 6) is 1.12. The highest BCUT2D eigenvalue weighted by atomic mass is 127. The molecule has 3 aromatic rings. The molecular formula is C19H21ClIN5O. The molecule has 142 valence electrons. The zero-order valence-electron chi connectivity index (χ0n) is 14.7. The number of nitrogens with zero attached hydrogens (tertiary/aromatic N) is 3. The van der Waals surface area contributed by atoms with Gasteiger partial charge < -0.3 is 15.8 Å². The maximum Gasteiger partial charge on any atom is 0.193 e. The topological polar surface area (TPSA) is 77.5 Å². The van der Waals surface area contributed by atoms with Crippen LogP contribution in [0.25, 0.3) is 0 Å². The third-order valence-electron chi connectivity index (χ3n) is 3.90. The number of nitrogens with one attached hydrogen (secondary N) is 1. The molecule has 0 saturated carbocycles. The van der Waals surface area contributed by atoms with Gasteiger partial charge in [-0.3, -0.25) is 9.67 Å². The number of aliphatic imine (C=N–C) groups is 1. The van der Waals surface area contributed by atoms with Crippen LogP contribution in [0.15, 0.2) is 72.0 Å². The minimum absolute atomic E-state index is 0. The number of guanidine groups is 1. The molecule has 0 radical (unpaired) electrons. The number of anilines is 1. The van der Waals surface area contributed by atoms with Crippen LogP contribution in [0.5, 0.6) is 5.75 Å². The number of rotatable bonds is 6. The standard InChI is InChI=1S/C19H20ClN5O.HI/c1-26-17-9-7-16(8-10-17)24-19(21)22-13-18(25-12-2-11-23-25)14-3-5-15(20)6-4-14;/h2-12,18H,13H2,1H3,(H3,21,22,24);1H. The Balaban J connectivity index is 0.00000261. The van der Waals surface area contributed by atoms with Crippen molar-refractivity contribution in [3.05, 3.63) is 77.6 Å². The highest BCUT2D eigenvalue weighted by Gasteiger charge is 2.14. The van der Waals surface area contributed by atoms with E-state index >= 15 is 0 Å². The lowest BCUT2D eigenvalue weighted by molar-refractivity contribution is 0.415. The quantitative estimate of drug-likeness (QED) is 0.304. The molecular weight excluding hydrogens is 477 g/mol. The maximum absolute atomic E-state index is 6.04. The molecule has 0 fully saturated rings. The predicted octanol–water partition coefficient (Wildman–Crippen LogP) is 4.18. The second-order valence-corrected chi connectivity index (χ2v) is 6.07. The molecule has 0 bridgehead atoms. The van der Waals surface area contributed by atoms with E-state index in [0.29, 0.717) is 17.5 Å². The van der Waals surface area contributed by atoms with Gasteiger partial charge in [-0.25, -0.2) is 0 Å². The van der Waals surface area contributed by atoms with Gasteiger partial charge in [-0.15, -0.1) is 24.0 Å². The van der Waals surface area contributed by atoms with Crippen LogP contribution in [0, 0.1) is 0 Å². The summed E-state index contributed by atoms with van der Waals surface area (Å²) < 4.78 is 7.00. The van der Waals surface area contributed by atoms with Gasteiger partial charge in [0.2, 0.25) is 0 Å². The van der Waals surface area contributed by atoms with E-state index in [1.54, 1.807) is 13.3 Å². The molecule has 1 heterocycles. The molecule has 6 nitrogen and oxygen atoms in total. The van der Waals surface area contributed by atoms with Crippen LogP contribution in [-0.4, -0.2) is 29.4 Å². The lowest BCUT2D eigenvalue weighted by Crippen LogP contribution is -2.25. The first-order valence-corrected chi connectivity index (χ1v) is 8.49. The van der Waals surface area contributed by atoms with Gasteiger partial charge in [-0.05, 0) is 48.0 Å². The summed E-state index contributed by atoms with van der Waals surface area (Å²) >= 11 is 5.99. The van der Waals surface area contributed by atoms with E-state index in [1.165, 1.54) is 0 Å². The van der Waals surface area contributed by atoms with Crippen LogP contribution in [0.2, 0.25) is 5.02 Å². The molecule has 0 saturated heterocycles. The smallest absolute Gasteiger partial charge is 0.193 e. The molecule has 0 spiro atoms. The van der Waals surface area contributed by atoms with E-state index in [1.807, 2.05) is 65.5 Å². The second-order valence-electron chi connectivity index (χ2n) is 5.63. The van der Waals surface area contributed by atoms with Crippen LogP contribution in [-0.2, 0) is 0 Å². The minimum atomic E-state index is -0.0708. The summed E-state index contributed by atoms with van der Waals surface area (Å²) in [6.07, 6.45) is 3.65. The summed E-state index contributed by atoms with van der Waals surface area (Å²) in [4.78, 5) is 4.48. The zero-order valence-corrected chi connectivity index (χ0v) is 17.8. The third-order valence-corrected chi connectivity index (χ3v) is 4.15. The Hall–Kier alpha value is -2.26. The van der Waals surface area contributed by atoms with E-state index in [0.717, 1.165) is 17.0 Å². The maximum atomic E-state index is 6.04. The molecule has 2 aromatic carbocycles. The fourth-order valence-electron chi connectivity index (χ4n) is 2.54. The highest BCUT2D eigenvalue weighted by Crippen LogP contribution is 2.20. The summed E-state index contributed by atoms with van der Waals surface area (Å²) in [7, 11) is 1.63. The first-order valence-electron chi connectivity index (χ1n) is 8.11. The van der Waals surface area contributed by atoms with Crippen molar-refractivity contribution in [3.8, 4) is 5.75 Å². The van der Waals surface area contributed by atoms with Crippen molar-refractivity contribution in [1.29, 1.82) is 0 Å². The second kappa shape index (κ2) is 10.2. The average molecular weight is 498 g/mol. The van der Waals surface area contributed by atoms with Gasteiger partial charge >= 0.3 is 0 Å². The fourth-order valence-corrected chi connectivity index (χ4v) is 2.66. The number of hydrogen-bond acceptors (Lipinski definition) is 3. The molecule has 1 aromatic heterocycles. The van der Waals surface area contributed by atoms with Crippen molar-refractivity contribution >= 4 is 47.2 Å². The van der Waals surface area contributed by atoms with E-state index < -0.39 is 0 Å². The lowest BCUT2D eigenvalue weighted by Gasteiger charge is -2.17. The van der Waals surface area contributed by atoms with E-state index in [2.05, 4.69) is 15.4 Å². The van der Waals surface area contributed by atoms with Crippen molar-refractivity contribution in [2.75, 3.05) is 19.0 Å². The zero-order chi connectivity index (χ0) is 18.4. The molecule has 3 N–H and O–H groups in total. The van der Waals surface area contributed by atoms with Gasteiger partial charge in [0.05, 0.1) is 19.7 Å². The fraction of sp³-hybridized carbons (Fsp3) is 0.158. The normalized spacial score (nSPS) is 12.1. The summed E-state index contributed by atoms with van der Waals surface area (Å²) in [6.45, 7) is 0.443. The Morgan fingerprint density at radius 3 is 2.52 bits per heavy atom. The molecule has 0 aliphatic heterocycles. The van der Waals surface area contributed by atoms with Gasteiger partial charge in [-0.1, -0.05) is 23.7 Å². The molecule has 8 heteroatoms. The molecule has 27 heavy (non-hydrogen) atoms. The van der Waals surface area contributed by atoms with Gasteiger partial charge in [0, 0.05) is 23.1 Å². The molecule has 3 rings (SSSR count). The van der Waals surface area contributed by atoms with Crippen LogP contribution >= 0.6 is 35.6 Å². The number of aromatic nitrogens is 2. The molecule has 0 aliphatic carbocycles. The first kappa shape index (κ1) is 21.0. The van der Waals surface area contributed by atoms with E-state index in [9.17, 15) is 0 Å². The summed E-state index contributed by atoms with van der Waals surface area (Å²) in [5.41, 5.74) is 7.93. The van der Waals surface area contributed by atoms with Crippen LogP contribution in [0.3, 0.4) is 0 Å². The minimum Gasteiger partial charge on any atom is -0.497 e. The average Bonchev–Trinajstić information content (AvgIpc) is 3.18. The number of hydrogen-bond donors (Lipinski definition) is 2. The Morgan fingerprint density at radius 2 is 1.93 bits per heavy atom. The lowest BCUT2D eigenvalue weighted by atomic mass is 10.1. The van der Waals surface area contributed by atoms with E-state index in [-0.39, 0.29) is 30.0 Å². The summed E-state index contributed by atoms with van der Waals surface area (Å²) in [6, 6.07) is 16.9. The van der Waals surface area contributed by atoms with Crippen molar-refractivity contribution in [2.45, 2.75) is 6.04 Å². The Labute approximate surface area is 180 Å². The number of nitrogens with two attached hydrogens (primary N) is 1.